The number of esters is 1. The number of ether oxygens (including phenoxy) is 2. The van der Waals surface area contributed by atoms with Crippen LogP contribution in [-0.4, -0.2) is 42.8 Å². The van der Waals surface area contributed by atoms with Crippen molar-refractivity contribution in [3.05, 3.63) is 59.7 Å². The van der Waals surface area contributed by atoms with Gasteiger partial charge in [0.2, 0.25) is 5.91 Å². The molecule has 1 aliphatic carbocycles. The second kappa shape index (κ2) is 14.0. The number of hydrogen-bond acceptors (Lipinski definition) is 5. The molecule has 0 unspecified atom stereocenters. The lowest BCUT2D eigenvalue weighted by Gasteiger charge is -2.23. The molecular formula is C31H42N2O5. The van der Waals surface area contributed by atoms with E-state index in [4.69, 9.17) is 9.47 Å². The topological polar surface area (TPSA) is 93.7 Å². The van der Waals surface area contributed by atoms with Gasteiger partial charge in [-0.2, -0.15) is 0 Å². The van der Waals surface area contributed by atoms with Gasteiger partial charge in [-0.15, -0.1) is 0 Å². The van der Waals surface area contributed by atoms with E-state index >= 15 is 0 Å². The molecule has 2 aromatic rings. The number of benzene rings is 2. The number of carbonyl (C=O) groups is 3. The molecule has 0 saturated heterocycles. The van der Waals surface area contributed by atoms with Crippen LogP contribution in [0.4, 0.5) is 4.79 Å². The third-order valence-electron chi connectivity index (χ3n) is 6.57. The first-order valence-electron chi connectivity index (χ1n) is 13.8. The summed E-state index contributed by atoms with van der Waals surface area (Å²) in [5.74, 6) is -1.08. The number of amides is 2. The van der Waals surface area contributed by atoms with E-state index in [1.165, 1.54) is 19.3 Å². The van der Waals surface area contributed by atoms with Crippen molar-refractivity contribution in [2.24, 2.45) is 0 Å². The summed E-state index contributed by atoms with van der Waals surface area (Å²) >= 11 is 0. The van der Waals surface area contributed by atoms with Crippen LogP contribution < -0.4 is 10.6 Å². The zero-order valence-corrected chi connectivity index (χ0v) is 23.2. The number of alkyl carbamates (subject to hydrolysis) is 1. The molecule has 0 heterocycles. The van der Waals surface area contributed by atoms with Crippen molar-refractivity contribution >= 4 is 18.0 Å². The summed E-state index contributed by atoms with van der Waals surface area (Å²) < 4.78 is 11.0. The molecule has 0 radical (unpaired) electrons. The lowest BCUT2D eigenvalue weighted by Crippen LogP contribution is -2.49. The van der Waals surface area contributed by atoms with Crippen LogP contribution in [0.15, 0.2) is 48.5 Å². The highest BCUT2D eigenvalue weighted by molar-refractivity contribution is 5.89. The molecule has 1 atom stereocenters. The predicted molar refractivity (Wildman–Crippen MR) is 149 cm³/mol. The minimum Gasteiger partial charge on any atom is -0.460 e. The van der Waals surface area contributed by atoms with Crippen molar-refractivity contribution in [2.75, 3.05) is 13.2 Å². The number of nitrogens with one attached hydrogen (secondary N) is 2. The monoisotopic (exact) mass is 522 g/mol. The molecule has 3 rings (SSSR count). The molecule has 0 spiro atoms. The molecule has 2 N–H and O–H groups in total. The zero-order chi connectivity index (χ0) is 27.5. The van der Waals surface area contributed by atoms with Crippen LogP contribution in [0.25, 0.3) is 11.1 Å². The average Bonchev–Trinajstić information content (AvgIpc) is 3.19. The fourth-order valence-corrected chi connectivity index (χ4v) is 4.78. The Bertz CT molecular complexity index is 1050. The maximum atomic E-state index is 12.9. The molecule has 206 valence electrons. The Hall–Kier alpha value is -3.35. The summed E-state index contributed by atoms with van der Waals surface area (Å²) in [6.07, 6.45) is 5.58. The van der Waals surface area contributed by atoms with Gasteiger partial charge in [-0.05, 0) is 49.4 Å². The van der Waals surface area contributed by atoms with Gasteiger partial charge >= 0.3 is 12.1 Å². The Morgan fingerprint density at radius 2 is 1.45 bits per heavy atom. The number of unbranched alkanes of at least 4 members (excludes halogenated alkanes) is 5. The third-order valence-corrected chi connectivity index (χ3v) is 6.57. The lowest BCUT2D eigenvalue weighted by molar-refractivity contribution is -0.156. The number of hydrogen-bond donors (Lipinski definition) is 2. The van der Waals surface area contributed by atoms with Gasteiger partial charge in [0.15, 0.2) is 0 Å². The Morgan fingerprint density at radius 1 is 0.868 bits per heavy atom. The maximum Gasteiger partial charge on any atom is 0.407 e. The van der Waals surface area contributed by atoms with E-state index in [-0.39, 0.29) is 18.9 Å². The quantitative estimate of drug-likeness (QED) is 0.245. The molecule has 0 aromatic heterocycles. The van der Waals surface area contributed by atoms with E-state index in [0.717, 1.165) is 41.5 Å². The summed E-state index contributed by atoms with van der Waals surface area (Å²) in [6, 6.07) is 15.1. The van der Waals surface area contributed by atoms with Crippen molar-refractivity contribution in [1.82, 2.24) is 10.6 Å². The first-order chi connectivity index (χ1) is 18.2. The van der Waals surface area contributed by atoms with Crippen molar-refractivity contribution < 1.29 is 23.9 Å². The molecule has 7 heteroatoms. The SMILES string of the molecule is CCCCCCCCNC(=O)[C@H](CC(=O)OC(C)(C)C)NC(=O)OCC1c2ccccc2-c2ccccc21. The Balaban J connectivity index is 1.58. The summed E-state index contributed by atoms with van der Waals surface area (Å²) in [6.45, 7) is 8.07. The van der Waals surface area contributed by atoms with E-state index < -0.39 is 29.6 Å². The number of carbonyl (C=O) groups excluding carboxylic acids is 3. The molecule has 0 saturated carbocycles. The van der Waals surface area contributed by atoms with Crippen LogP contribution in [-0.2, 0) is 19.1 Å². The standard InChI is InChI=1S/C31H42N2O5/c1-5-6-7-8-9-14-19-32-29(35)27(20-28(34)38-31(2,3)4)33-30(36)37-21-26-24-17-12-10-15-22(24)23-16-11-13-18-25(23)26/h10-13,15-18,26-27H,5-9,14,19-21H2,1-4H3,(H,32,35)(H,33,36)/t27-/m0/s1. The summed E-state index contributed by atoms with van der Waals surface area (Å²) in [5, 5.41) is 5.45. The minimum atomic E-state index is -1.08. The molecule has 2 aromatic carbocycles. The first-order valence-corrected chi connectivity index (χ1v) is 13.8. The van der Waals surface area contributed by atoms with Crippen LogP contribution in [0, 0.1) is 0 Å². The van der Waals surface area contributed by atoms with Crippen molar-refractivity contribution in [1.29, 1.82) is 0 Å². The Morgan fingerprint density at radius 3 is 2.05 bits per heavy atom. The van der Waals surface area contributed by atoms with Gasteiger partial charge in [0, 0.05) is 12.5 Å². The lowest BCUT2D eigenvalue weighted by atomic mass is 9.98. The molecule has 0 fully saturated rings. The summed E-state index contributed by atoms with van der Waals surface area (Å²) in [7, 11) is 0. The first kappa shape index (κ1) is 29.2. The minimum absolute atomic E-state index is 0.0982. The normalized spacial score (nSPS) is 13.3. The van der Waals surface area contributed by atoms with Gasteiger partial charge in [0.1, 0.15) is 18.2 Å². The van der Waals surface area contributed by atoms with E-state index in [1.807, 2.05) is 36.4 Å². The van der Waals surface area contributed by atoms with Crippen LogP contribution in [0.5, 0.6) is 0 Å². The molecule has 0 aliphatic heterocycles. The zero-order valence-electron chi connectivity index (χ0n) is 23.2. The maximum absolute atomic E-state index is 12.9. The molecule has 38 heavy (non-hydrogen) atoms. The second-order valence-electron chi connectivity index (χ2n) is 10.9. The fourth-order valence-electron chi connectivity index (χ4n) is 4.78. The Labute approximate surface area is 226 Å². The van der Waals surface area contributed by atoms with E-state index in [0.29, 0.717) is 6.54 Å². The number of fused-ring (bicyclic) bond motifs is 3. The van der Waals surface area contributed by atoms with E-state index in [1.54, 1.807) is 20.8 Å². The predicted octanol–water partition coefficient (Wildman–Crippen LogP) is 6.10. The van der Waals surface area contributed by atoms with E-state index in [2.05, 4.69) is 29.7 Å². The van der Waals surface area contributed by atoms with Gasteiger partial charge in [-0.1, -0.05) is 87.6 Å². The van der Waals surface area contributed by atoms with Gasteiger partial charge in [-0.3, -0.25) is 9.59 Å². The van der Waals surface area contributed by atoms with Gasteiger partial charge in [0.05, 0.1) is 6.42 Å². The van der Waals surface area contributed by atoms with Gasteiger partial charge < -0.3 is 20.1 Å². The highest BCUT2D eigenvalue weighted by Gasteiger charge is 2.31. The second-order valence-corrected chi connectivity index (χ2v) is 10.9. The Kier molecular flexibility index (Phi) is 10.7. The van der Waals surface area contributed by atoms with Crippen molar-refractivity contribution in [3.8, 4) is 11.1 Å². The largest absolute Gasteiger partial charge is 0.460 e. The van der Waals surface area contributed by atoms with Crippen LogP contribution in [0.1, 0.15) is 89.7 Å². The van der Waals surface area contributed by atoms with Crippen molar-refractivity contribution in [2.45, 2.75) is 90.2 Å². The molecule has 7 nitrogen and oxygen atoms in total. The molecule has 0 bridgehead atoms. The number of rotatable bonds is 13. The van der Waals surface area contributed by atoms with Crippen LogP contribution in [0.2, 0.25) is 0 Å². The summed E-state index contributed by atoms with van der Waals surface area (Å²) in [4.78, 5) is 38.2. The van der Waals surface area contributed by atoms with E-state index in [9.17, 15) is 14.4 Å². The smallest absolute Gasteiger partial charge is 0.407 e. The molecule has 1 aliphatic rings. The fraction of sp³-hybridized carbons (Fsp3) is 0.516. The van der Waals surface area contributed by atoms with Crippen molar-refractivity contribution in [3.63, 3.8) is 0 Å². The molecule has 2 amide bonds. The van der Waals surface area contributed by atoms with Gasteiger partial charge in [-0.25, -0.2) is 4.79 Å². The highest BCUT2D eigenvalue weighted by Crippen LogP contribution is 2.44. The van der Waals surface area contributed by atoms with Crippen LogP contribution >= 0.6 is 0 Å². The average molecular weight is 523 g/mol. The highest BCUT2D eigenvalue weighted by atomic mass is 16.6. The summed E-state index contributed by atoms with van der Waals surface area (Å²) in [5.41, 5.74) is 3.77. The van der Waals surface area contributed by atoms with Crippen LogP contribution in [0.3, 0.4) is 0 Å². The molecular weight excluding hydrogens is 480 g/mol. The van der Waals surface area contributed by atoms with Gasteiger partial charge in [0.25, 0.3) is 0 Å². The third kappa shape index (κ3) is 8.61.